The average Bonchev–Trinajstić information content (AvgIpc) is 3.32. The summed E-state index contributed by atoms with van der Waals surface area (Å²) in [6.45, 7) is -0.602. The van der Waals surface area contributed by atoms with Gasteiger partial charge >= 0.3 is 6.09 Å². The van der Waals surface area contributed by atoms with E-state index >= 15 is 0 Å². The molecule has 0 atom stereocenters. The van der Waals surface area contributed by atoms with Crippen LogP contribution in [0.3, 0.4) is 0 Å². The molecule has 0 unspecified atom stereocenters. The molecule has 0 bridgehead atoms. The van der Waals surface area contributed by atoms with Gasteiger partial charge in [0.15, 0.2) is 6.61 Å². The van der Waals surface area contributed by atoms with Crippen molar-refractivity contribution in [2.75, 3.05) is 34.1 Å². The first kappa shape index (κ1) is 26.8. The second-order valence-corrected chi connectivity index (χ2v) is 9.19. The fourth-order valence-electron chi connectivity index (χ4n) is 4.94. The normalized spacial score (nSPS) is 11.8. The van der Waals surface area contributed by atoms with Gasteiger partial charge in [0.25, 0.3) is 5.91 Å². The van der Waals surface area contributed by atoms with Crippen molar-refractivity contribution in [1.82, 2.24) is 4.90 Å². The van der Waals surface area contributed by atoms with Crippen LogP contribution >= 0.6 is 0 Å². The molecule has 4 aromatic rings. The van der Waals surface area contributed by atoms with E-state index < -0.39 is 12.0 Å². The molecule has 8 nitrogen and oxygen atoms in total. The Morgan fingerprint density at radius 3 is 2.00 bits per heavy atom. The summed E-state index contributed by atoms with van der Waals surface area (Å²) < 4.78 is 22.0. The molecule has 2 N–H and O–H groups in total. The largest absolute Gasteiger partial charge is 0.497 e. The summed E-state index contributed by atoms with van der Waals surface area (Å²) in [4.78, 5) is 26.5. The van der Waals surface area contributed by atoms with E-state index in [2.05, 4.69) is 12.1 Å². The number of amides is 2. The lowest BCUT2D eigenvalue weighted by atomic mass is 9.98. The Balaban J connectivity index is 1.19. The molecule has 0 spiro atoms. The van der Waals surface area contributed by atoms with Crippen molar-refractivity contribution in [2.24, 2.45) is 5.73 Å². The van der Waals surface area contributed by atoms with Crippen molar-refractivity contribution in [3.63, 3.8) is 0 Å². The molecule has 0 saturated heterocycles. The van der Waals surface area contributed by atoms with Crippen molar-refractivity contribution >= 4 is 12.0 Å². The van der Waals surface area contributed by atoms with Crippen LogP contribution in [0.25, 0.3) is 22.3 Å². The number of hydrogen-bond acceptors (Lipinski definition) is 7. The third-order valence-electron chi connectivity index (χ3n) is 6.98. The molecule has 40 heavy (non-hydrogen) atoms. The van der Waals surface area contributed by atoms with Gasteiger partial charge in [0, 0.05) is 17.5 Å². The zero-order valence-electron chi connectivity index (χ0n) is 22.3. The Labute approximate surface area is 232 Å². The first-order valence-electron chi connectivity index (χ1n) is 12.8. The van der Waals surface area contributed by atoms with Gasteiger partial charge in [0.1, 0.15) is 23.9 Å². The molecule has 5 rings (SSSR count). The molecular formula is C32H30N2O6. The molecule has 1 aliphatic carbocycles. The Bertz CT molecular complexity index is 1470. The van der Waals surface area contributed by atoms with E-state index in [-0.39, 0.29) is 25.8 Å². The maximum absolute atomic E-state index is 12.8. The number of fused-ring (bicyclic) bond motifs is 3. The van der Waals surface area contributed by atoms with E-state index in [9.17, 15) is 9.59 Å². The van der Waals surface area contributed by atoms with Gasteiger partial charge in [0.05, 0.1) is 20.9 Å². The average molecular weight is 539 g/mol. The smallest absolute Gasteiger partial charge is 0.417 e. The van der Waals surface area contributed by atoms with Crippen molar-refractivity contribution in [3.05, 3.63) is 102 Å². The first-order chi connectivity index (χ1) is 19.5. The van der Waals surface area contributed by atoms with E-state index in [0.29, 0.717) is 17.2 Å². The van der Waals surface area contributed by atoms with Crippen LogP contribution in [0.5, 0.6) is 17.2 Å². The van der Waals surface area contributed by atoms with E-state index in [4.69, 9.17) is 24.7 Å². The standard InChI is InChI=1S/C32H30N2O6/c1-37-23-15-16-24(30(17-23)38-2)21-11-13-22(14-12-21)39-19-31(35)34(20-33)32(36)40-18-29-27-9-5-3-7-25(27)26-8-4-6-10-28(26)29/h3-17,29H,18-20,33H2,1-2H3. The van der Waals surface area contributed by atoms with Crippen LogP contribution in [-0.4, -0.2) is 51.0 Å². The maximum Gasteiger partial charge on any atom is 0.417 e. The SMILES string of the molecule is COc1ccc(-c2ccc(OCC(=O)N(CN)C(=O)OCC3c4ccccc4-c4ccccc43)cc2)c(OC)c1. The van der Waals surface area contributed by atoms with E-state index in [1.165, 1.54) is 0 Å². The lowest BCUT2D eigenvalue weighted by molar-refractivity contribution is -0.131. The van der Waals surface area contributed by atoms with Gasteiger partial charge in [-0.25, -0.2) is 9.69 Å². The highest BCUT2D eigenvalue weighted by Crippen LogP contribution is 2.44. The molecule has 0 fully saturated rings. The Kier molecular flexibility index (Phi) is 7.98. The summed E-state index contributed by atoms with van der Waals surface area (Å²) in [5.74, 6) is 1.12. The minimum Gasteiger partial charge on any atom is -0.497 e. The van der Waals surface area contributed by atoms with Crippen molar-refractivity contribution in [3.8, 4) is 39.5 Å². The molecule has 0 aliphatic heterocycles. The number of nitrogens with zero attached hydrogens (tertiary/aromatic N) is 1. The van der Waals surface area contributed by atoms with Gasteiger partial charge in [0.2, 0.25) is 0 Å². The fourth-order valence-corrected chi connectivity index (χ4v) is 4.94. The molecule has 1 aliphatic rings. The number of ether oxygens (including phenoxy) is 4. The zero-order valence-corrected chi connectivity index (χ0v) is 22.3. The summed E-state index contributed by atoms with van der Waals surface area (Å²) in [6, 6.07) is 28.9. The maximum atomic E-state index is 12.8. The van der Waals surface area contributed by atoms with E-state index in [1.54, 1.807) is 26.4 Å². The van der Waals surface area contributed by atoms with Gasteiger partial charge in [-0.1, -0.05) is 60.7 Å². The quantitative estimate of drug-likeness (QED) is 0.283. The summed E-state index contributed by atoms with van der Waals surface area (Å²) in [5.41, 5.74) is 11.9. The highest BCUT2D eigenvalue weighted by molar-refractivity contribution is 5.92. The molecule has 0 saturated carbocycles. The monoisotopic (exact) mass is 538 g/mol. The van der Waals surface area contributed by atoms with Crippen LogP contribution in [0, 0.1) is 0 Å². The molecule has 4 aromatic carbocycles. The van der Waals surface area contributed by atoms with E-state index in [0.717, 1.165) is 38.3 Å². The van der Waals surface area contributed by atoms with Gasteiger partial charge in [-0.05, 0) is 52.1 Å². The minimum absolute atomic E-state index is 0.0911. The molecule has 0 radical (unpaired) electrons. The third-order valence-corrected chi connectivity index (χ3v) is 6.98. The van der Waals surface area contributed by atoms with Crippen molar-refractivity contribution < 1.29 is 28.5 Å². The van der Waals surface area contributed by atoms with Crippen molar-refractivity contribution in [1.29, 1.82) is 0 Å². The Morgan fingerprint density at radius 1 is 0.775 bits per heavy atom. The highest BCUT2D eigenvalue weighted by Gasteiger charge is 2.30. The number of hydrogen-bond donors (Lipinski definition) is 1. The van der Waals surface area contributed by atoms with Gasteiger partial charge in [-0.3, -0.25) is 4.79 Å². The second kappa shape index (κ2) is 11.9. The minimum atomic E-state index is -0.806. The molecule has 204 valence electrons. The first-order valence-corrected chi connectivity index (χ1v) is 12.8. The number of rotatable bonds is 9. The van der Waals surface area contributed by atoms with Crippen LogP contribution in [0.4, 0.5) is 4.79 Å². The lowest BCUT2D eigenvalue weighted by Crippen LogP contribution is -2.44. The number of carbonyl (C=O) groups is 2. The molecule has 8 heteroatoms. The van der Waals surface area contributed by atoms with Crippen LogP contribution in [0.2, 0.25) is 0 Å². The number of carbonyl (C=O) groups excluding carboxylic acids is 2. The summed E-state index contributed by atoms with van der Waals surface area (Å²) in [5, 5.41) is 0. The van der Waals surface area contributed by atoms with Gasteiger partial charge in [-0.15, -0.1) is 0 Å². The Morgan fingerprint density at radius 2 is 1.40 bits per heavy atom. The lowest BCUT2D eigenvalue weighted by Gasteiger charge is -2.20. The summed E-state index contributed by atoms with van der Waals surface area (Å²) in [6.07, 6.45) is -0.806. The Hall–Kier alpha value is -4.82. The number of nitrogens with two attached hydrogens (primary N) is 1. The molecule has 0 heterocycles. The summed E-state index contributed by atoms with van der Waals surface area (Å²) >= 11 is 0. The van der Waals surface area contributed by atoms with Gasteiger partial charge < -0.3 is 24.7 Å². The predicted molar refractivity (Wildman–Crippen MR) is 151 cm³/mol. The molecule has 2 amide bonds. The number of benzene rings is 4. The predicted octanol–water partition coefficient (Wildman–Crippen LogP) is 5.44. The topological polar surface area (TPSA) is 100 Å². The van der Waals surface area contributed by atoms with Gasteiger partial charge in [-0.2, -0.15) is 0 Å². The highest BCUT2D eigenvalue weighted by atomic mass is 16.6. The van der Waals surface area contributed by atoms with Crippen LogP contribution < -0.4 is 19.9 Å². The van der Waals surface area contributed by atoms with Crippen LogP contribution in [0.15, 0.2) is 91.0 Å². The molecule has 0 aromatic heterocycles. The fraction of sp³-hybridized carbons (Fsp3) is 0.188. The number of imide groups is 1. The third kappa shape index (κ3) is 5.34. The van der Waals surface area contributed by atoms with Crippen molar-refractivity contribution in [2.45, 2.75) is 5.92 Å². The van der Waals surface area contributed by atoms with Crippen LogP contribution in [0.1, 0.15) is 17.0 Å². The van der Waals surface area contributed by atoms with E-state index in [1.807, 2.05) is 66.7 Å². The molecular weight excluding hydrogens is 508 g/mol. The summed E-state index contributed by atoms with van der Waals surface area (Å²) in [7, 11) is 3.20. The zero-order chi connectivity index (χ0) is 28.1. The number of methoxy groups -OCH3 is 2. The van der Waals surface area contributed by atoms with Crippen LogP contribution in [-0.2, 0) is 9.53 Å². The second-order valence-electron chi connectivity index (χ2n) is 9.19.